The van der Waals surface area contributed by atoms with Gasteiger partial charge in [0.2, 0.25) is 0 Å². The maximum absolute atomic E-state index is 11.6. The van der Waals surface area contributed by atoms with Gasteiger partial charge in [0.15, 0.2) is 0 Å². The summed E-state index contributed by atoms with van der Waals surface area (Å²) in [5.74, 6) is 2.87. The second-order valence-corrected chi connectivity index (χ2v) is 5.37. The SMILES string of the molecule is C#CCNS(=O)(=O)N1CCC(C)CC1. The Kier molecular flexibility index (Phi) is 3.93. The van der Waals surface area contributed by atoms with Crippen LogP contribution in [0.15, 0.2) is 0 Å². The summed E-state index contributed by atoms with van der Waals surface area (Å²) >= 11 is 0. The lowest BCUT2D eigenvalue weighted by atomic mass is 10.0. The molecule has 0 atom stereocenters. The van der Waals surface area contributed by atoms with E-state index in [1.165, 1.54) is 4.31 Å². The van der Waals surface area contributed by atoms with Crippen LogP contribution in [0.2, 0.25) is 0 Å². The Hall–Kier alpha value is -0.570. The Morgan fingerprint density at radius 2 is 2.07 bits per heavy atom. The molecule has 14 heavy (non-hydrogen) atoms. The minimum atomic E-state index is -3.33. The molecule has 0 aromatic carbocycles. The van der Waals surface area contributed by atoms with Crippen LogP contribution in [0.1, 0.15) is 19.8 Å². The summed E-state index contributed by atoms with van der Waals surface area (Å²) < 4.78 is 27.0. The molecule has 5 heteroatoms. The first-order chi connectivity index (χ1) is 6.56. The van der Waals surface area contributed by atoms with Crippen LogP contribution in [0.25, 0.3) is 0 Å². The van der Waals surface area contributed by atoms with Gasteiger partial charge >= 0.3 is 0 Å². The molecule has 80 valence electrons. The van der Waals surface area contributed by atoms with Gasteiger partial charge in [-0.15, -0.1) is 6.42 Å². The number of hydrogen-bond acceptors (Lipinski definition) is 2. The molecule has 0 aliphatic carbocycles. The van der Waals surface area contributed by atoms with Crippen LogP contribution >= 0.6 is 0 Å². The van der Waals surface area contributed by atoms with Crippen molar-refractivity contribution in [3.8, 4) is 12.3 Å². The molecule has 1 saturated heterocycles. The molecule has 1 rings (SSSR count). The van der Waals surface area contributed by atoms with Gasteiger partial charge in [0.05, 0.1) is 6.54 Å². The number of piperidine rings is 1. The number of terminal acetylenes is 1. The number of rotatable bonds is 3. The lowest BCUT2D eigenvalue weighted by Gasteiger charge is -2.29. The highest BCUT2D eigenvalue weighted by Gasteiger charge is 2.25. The van der Waals surface area contributed by atoms with Crippen LogP contribution < -0.4 is 4.72 Å². The average Bonchev–Trinajstić information content (AvgIpc) is 2.16. The first-order valence-corrected chi connectivity index (χ1v) is 6.18. The highest BCUT2D eigenvalue weighted by Crippen LogP contribution is 2.17. The van der Waals surface area contributed by atoms with Gasteiger partial charge in [-0.25, -0.2) is 0 Å². The fourth-order valence-corrected chi connectivity index (χ4v) is 2.59. The van der Waals surface area contributed by atoms with E-state index < -0.39 is 10.2 Å². The first-order valence-electron chi connectivity index (χ1n) is 4.74. The van der Waals surface area contributed by atoms with Gasteiger partial charge < -0.3 is 0 Å². The molecule has 1 fully saturated rings. The van der Waals surface area contributed by atoms with Gasteiger partial charge in [0.1, 0.15) is 0 Å². The van der Waals surface area contributed by atoms with Crippen LogP contribution in [0, 0.1) is 18.3 Å². The van der Waals surface area contributed by atoms with Crippen molar-refractivity contribution in [1.82, 2.24) is 9.03 Å². The lowest BCUT2D eigenvalue weighted by Crippen LogP contribution is -2.44. The maximum atomic E-state index is 11.6. The first kappa shape index (κ1) is 11.5. The predicted octanol–water partition coefficient (Wildman–Crippen LogP) is 0.186. The second-order valence-electron chi connectivity index (χ2n) is 3.61. The third-order valence-electron chi connectivity index (χ3n) is 2.44. The number of hydrogen-bond donors (Lipinski definition) is 1. The van der Waals surface area contributed by atoms with E-state index in [1.54, 1.807) is 0 Å². The van der Waals surface area contributed by atoms with Crippen molar-refractivity contribution in [1.29, 1.82) is 0 Å². The Morgan fingerprint density at radius 3 is 2.57 bits per heavy atom. The van der Waals surface area contributed by atoms with Gasteiger partial charge in [-0.2, -0.15) is 17.4 Å². The zero-order chi connectivity index (χ0) is 10.6. The third kappa shape index (κ3) is 2.98. The van der Waals surface area contributed by atoms with Crippen molar-refractivity contribution in [3.63, 3.8) is 0 Å². The van der Waals surface area contributed by atoms with Crippen molar-refractivity contribution in [2.24, 2.45) is 5.92 Å². The fraction of sp³-hybridized carbons (Fsp3) is 0.778. The molecule has 0 radical (unpaired) electrons. The minimum absolute atomic E-state index is 0.0639. The van der Waals surface area contributed by atoms with Crippen LogP contribution in [0.4, 0.5) is 0 Å². The van der Waals surface area contributed by atoms with E-state index in [1.807, 2.05) is 0 Å². The van der Waals surface area contributed by atoms with Crippen molar-refractivity contribution >= 4 is 10.2 Å². The van der Waals surface area contributed by atoms with E-state index in [0.29, 0.717) is 19.0 Å². The molecule has 4 nitrogen and oxygen atoms in total. The van der Waals surface area contributed by atoms with Gasteiger partial charge in [0.25, 0.3) is 10.2 Å². The molecule has 1 heterocycles. The van der Waals surface area contributed by atoms with Crippen LogP contribution in [-0.2, 0) is 10.2 Å². The van der Waals surface area contributed by atoms with Crippen molar-refractivity contribution in [2.45, 2.75) is 19.8 Å². The Bertz CT molecular complexity index is 310. The molecule has 0 unspecified atom stereocenters. The van der Waals surface area contributed by atoms with Crippen LogP contribution in [0.3, 0.4) is 0 Å². The lowest BCUT2D eigenvalue weighted by molar-refractivity contribution is 0.285. The molecule has 1 aliphatic rings. The number of nitrogens with one attached hydrogen (secondary N) is 1. The van der Waals surface area contributed by atoms with E-state index in [0.717, 1.165) is 12.8 Å². The average molecular weight is 216 g/mol. The summed E-state index contributed by atoms with van der Waals surface area (Å²) in [5, 5.41) is 0. The normalized spacial score (nSPS) is 20.6. The molecule has 0 spiro atoms. The standard InChI is InChI=1S/C9H16N2O2S/c1-3-6-10-14(12,13)11-7-4-9(2)5-8-11/h1,9-10H,4-8H2,2H3. The van der Waals surface area contributed by atoms with E-state index >= 15 is 0 Å². The Balaban J connectivity index is 2.52. The summed E-state index contributed by atoms with van der Waals surface area (Å²) in [6, 6.07) is 0. The topological polar surface area (TPSA) is 49.4 Å². The van der Waals surface area contributed by atoms with E-state index in [-0.39, 0.29) is 6.54 Å². The summed E-state index contributed by atoms with van der Waals surface area (Å²) in [6.07, 6.45) is 6.85. The third-order valence-corrected chi connectivity index (χ3v) is 3.99. The largest absolute Gasteiger partial charge is 0.280 e. The highest BCUT2D eigenvalue weighted by molar-refractivity contribution is 7.87. The summed E-state index contributed by atoms with van der Waals surface area (Å²) in [4.78, 5) is 0. The van der Waals surface area contributed by atoms with Crippen molar-refractivity contribution in [2.75, 3.05) is 19.6 Å². The molecule has 0 bridgehead atoms. The van der Waals surface area contributed by atoms with Crippen LogP contribution in [-0.4, -0.2) is 32.4 Å². The van der Waals surface area contributed by atoms with Gasteiger partial charge in [-0.05, 0) is 18.8 Å². The summed E-state index contributed by atoms with van der Waals surface area (Å²) in [5.41, 5.74) is 0. The van der Waals surface area contributed by atoms with Crippen molar-refractivity contribution in [3.05, 3.63) is 0 Å². The molecule has 0 aromatic heterocycles. The molecule has 1 aliphatic heterocycles. The Morgan fingerprint density at radius 1 is 1.50 bits per heavy atom. The summed E-state index contributed by atoms with van der Waals surface area (Å²) in [7, 11) is -3.33. The van der Waals surface area contributed by atoms with E-state index in [4.69, 9.17) is 6.42 Å². The van der Waals surface area contributed by atoms with Crippen LogP contribution in [0.5, 0.6) is 0 Å². The zero-order valence-corrected chi connectivity index (χ0v) is 9.18. The predicted molar refractivity (Wildman–Crippen MR) is 55.7 cm³/mol. The monoisotopic (exact) mass is 216 g/mol. The van der Waals surface area contributed by atoms with E-state index in [9.17, 15) is 8.42 Å². The molecular weight excluding hydrogens is 200 g/mol. The molecule has 0 aromatic rings. The molecule has 0 saturated carbocycles. The smallest absolute Gasteiger partial charge is 0.195 e. The molecule has 1 N–H and O–H groups in total. The summed E-state index contributed by atoms with van der Waals surface area (Å²) in [6.45, 7) is 3.40. The van der Waals surface area contributed by atoms with E-state index in [2.05, 4.69) is 17.6 Å². The zero-order valence-electron chi connectivity index (χ0n) is 8.36. The Labute approximate surface area is 85.9 Å². The van der Waals surface area contributed by atoms with Gasteiger partial charge in [-0.3, -0.25) is 0 Å². The fourth-order valence-electron chi connectivity index (χ4n) is 1.45. The molecular formula is C9H16N2O2S. The highest BCUT2D eigenvalue weighted by atomic mass is 32.2. The quantitative estimate of drug-likeness (QED) is 0.684. The minimum Gasteiger partial charge on any atom is -0.195 e. The van der Waals surface area contributed by atoms with Gasteiger partial charge in [-0.1, -0.05) is 12.8 Å². The van der Waals surface area contributed by atoms with Crippen molar-refractivity contribution < 1.29 is 8.42 Å². The second kappa shape index (κ2) is 4.78. The van der Waals surface area contributed by atoms with Gasteiger partial charge in [0, 0.05) is 13.1 Å². The number of nitrogens with zero attached hydrogens (tertiary/aromatic N) is 1. The molecule has 0 amide bonds. The maximum Gasteiger partial charge on any atom is 0.280 e.